The fraction of sp³-hybridized carbons (Fsp3) is 0.667. The summed E-state index contributed by atoms with van der Waals surface area (Å²) in [7, 11) is 0. The molecule has 2 fully saturated rings. The summed E-state index contributed by atoms with van der Waals surface area (Å²) in [6, 6.07) is 7.76. The second-order valence-corrected chi connectivity index (χ2v) is 8.56. The highest BCUT2D eigenvalue weighted by molar-refractivity contribution is 5.94. The lowest BCUT2D eigenvalue weighted by Gasteiger charge is -2.47. The number of amides is 1. The number of nitrogens with zero attached hydrogens (tertiary/aromatic N) is 1. The Balaban J connectivity index is 1.61. The van der Waals surface area contributed by atoms with Crippen LogP contribution in [0.5, 0.6) is 0 Å². The van der Waals surface area contributed by atoms with Crippen LogP contribution in [-0.4, -0.2) is 45.3 Å². The molecule has 2 N–H and O–H groups in total. The summed E-state index contributed by atoms with van der Waals surface area (Å²) in [4.78, 5) is 14.7. The second kappa shape index (κ2) is 7.08. The lowest BCUT2D eigenvalue weighted by Crippen LogP contribution is -2.54. The first-order chi connectivity index (χ1) is 11.8. The molecule has 0 aromatic heterocycles. The van der Waals surface area contributed by atoms with Gasteiger partial charge in [0.1, 0.15) is 0 Å². The molecule has 0 radical (unpaired) electrons. The molecule has 1 saturated carbocycles. The van der Waals surface area contributed by atoms with E-state index in [9.17, 15) is 15.0 Å². The van der Waals surface area contributed by atoms with Crippen LogP contribution in [0.1, 0.15) is 68.3 Å². The average molecular weight is 345 g/mol. The fourth-order valence-electron chi connectivity index (χ4n) is 4.20. The van der Waals surface area contributed by atoms with Gasteiger partial charge in [0.2, 0.25) is 0 Å². The van der Waals surface area contributed by atoms with Crippen LogP contribution >= 0.6 is 0 Å². The highest BCUT2D eigenvalue weighted by Crippen LogP contribution is 2.40. The summed E-state index contributed by atoms with van der Waals surface area (Å²) in [6.45, 7) is 4.95. The third kappa shape index (κ3) is 4.42. The maximum Gasteiger partial charge on any atom is 0.253 e. The molecule has 1 aromatic rings. The molecule has 1 amide bonds. The Morgan fingerprint density at radius 3 is 2.64 bits per heavy atom. The van der Waals surface area contributed by atoms with Gasteiger partial charge in [-0.3, -0.25) is 4.79 Å². The Hall–Kier alpha value is -1.39. The molecular formula is C21H31NO3. The molecule has 0 unspecified atom stereocenters. The van der Waals surface area contributed by atoms with Crippen LogP contribution in [0.25, 0.3) is 0 Å². The van der Waals surface area contributed by atoms with Crippen LogP contribution in [0.3, 0.4) is 0 Å². The van der Waals surface area contributed by atoms with Gasteiger partial charge in [0.25, 0.3) is 5.91 Å². The number of carbonyl (C=O) groups is 1. The van der Waals surface area contributed by atoms with Crippen molar-refractivity contribution >= 4 is 5.91 Å². The number of aryl methyl sites for hydroxylation is 1. The SMILES string of the molecule is CC(C)(O)CCc1ccc(C(=O)N2CC[C@@]3(O)CCCC[C@H]3C2)cc1. The molecule has 1 heterocycles. The Kier molecular flexibility index (Phi) is 5.21. The van der Waals surface area contributed by atoms with Crippen LogP contribution in [0.15, 0.2) is 24.3 Å². The molecular weight excluding hydrogens is 314 g/mol. The van der Waals surface area contributed by atoms with E-state index in [0.717, 1.165) is 37.7 Å². The predicted molar refractivity (Wildman–Crippen MR) is 98.5 cm³/mol. The number of benzene rings is 1. The lowest BCUT2D eigenvalue weighted by molar-refractivity contribution is -0.0886. The molecule has 1 aliphatic heterocycles. The van der Waals surface area contributed by atoms with Crippen LogP contribution in [0.4, 0.5) is 0 Å². The number of likely N-dealkylation sites (tertiary alicyclic amines) is 1. The van der Waals surface area contributed by atoms with E-state index in [4.69, 9.17) is 0 Å². The van der Waals surface area contributed by atoms with Gasteiger partial charge in [0.05, 0.1) is 11.2 Å². The van der Waals surface area contributed by atoms with Crippen LogP contribution in [0, 0.1) is 5.92 Å². The highest BCUT2D eigenvalue weighted by atomic mass is 16.3. The Labute approximate surface area is 150 Å². The molecule has 1 aliphatic carbocycles. The lowest BCUT2D eigenvalue weighted by atomic mass is 9.71. The minimum absolute atomic E-state index is 0.0710. The molecule has 25 heavy (non-hydrogen) atoms. The smallest absolute Gasteiger partial charge is 0.253 e. The number of fused-ring (bicyclic) bond motifs is 1. The van der Waals surface area contributed by atoms with E-state index in [1.54, 1.807) is 0 Å². The monoisotopic (exact) mass is 345 g/mol. The number of rotatable bonds is 4. The number of hydrogen-bond acceptors (Lipinski definition) is 3. The minimum Gasteiger partial charge on any atom is -0.390 e. The number of piperidine rings is 1. The minimum atomic E-state index is -0.668. The fourth-order valence-corrected chi connectivity index (χ4v) is 4.20. The molecule has 0 bridgehead atoms. The highest BCUT2D eigenvalue weighted by Gasteiger charge is 2.43. The summed E-state index contributed by atoms with van der Waals surface area (Å²) >= 11 is 0. The summed E-state index contributed by atoms with van der Waals surface area (Å²) in [5.74, 6) is 0.298. The van der Waals surface area contributed by atoms with Crippen molar-refractivity contribution in [3.05, 3.63) is 35.4 Å². The third-order valence-corrected chi connectivity index (χ3v) is 5.94. The van der Waals surface area contributed by atoms with E-state index in [0.29, 0.717) is 31.5 Å². The summed E-state index contributed by atoms with van der Waals surface area (Å²) in [5, 5.41) is 20.6. The Bertz CT molecular complexity index is 605. The number of hydrogen-bond donors (Lipinski definition) is 2. The number of aliphatic hydroxyl groups is 2. The molecule has 138 valence electrons. The van der Waals surface area contributed by atoms with Gasteiger partial charge >= 0.3 is 0 Å². The normalized spacial score (nSPS) is 27.0. The molecule has 4 nitrogen and oxygen atoms in total. The van der Waals surface area contributed by atoms with Gasteiger partial charge in [0, 0.05) is 24.6 Å². The van der Waals surface area contributed by atoms with E-state index in [2.05, 4.69) is 0 Å². The first kappa shape index (κ1) is 18.4. The van der Waals surface area contributed by atoms with E-state index in [-0.39, 0.29) is 11.8 Å². The van der Waals surface area contributed by atoms with E-state index >= 15 is 0 Å². The van der Waals surface area contributed by atoms with Crippen LogP contribution in [-0.2, 0) is 6.42 Å². The average Bonchev–Trinajstić information content (AvgIpc) is 2.58. The zero-order valence-corrected chi connectivity index (χ0v) is 15.5. The molecule has 0 spiro atoms. The Morgan fingerprint density at radius 2 is 1.96 bits per heavy atom. The van der Waals surface area contributed by atoms with Crippen LogP contribution in [0.2, 0.25) is 0 Å². The van der Waals surface area contributed by atoms with Crippen molar-refractivity contribution in [3.63, 3.8) is 0 Å². The van der Waals surface area contributed by atoms with E-state index in [1.807, 2.05) is 43.0 Å². The maximum atomic E-state index is 12.8. The van der Waals surface area contributed by atoms with Crippen molar-refractivity contribution in [1.29, 1.82) is 0 Å². The van der Waals surface area contributed by atoms with Crippen molar-refractivity contribution in [3.8, 4) is 0 Å². The van der Waals surface area contributed by atoms with E-state index in [1.165, 1.54) is 0 Å². The van der Waals surface area contributed by atoms with Crippen molar-refractivity contribution in [2.45, 2.75) is 70.0 Å². The Morgan fingerprint density at radius 1 is 1.24 bits per heavy atom. The van der Waals surface area contributed by atoms with Crippen LogP contribution < -0.4 is 0 Å². The maximum absolute atomic E-state index is 12.8. The zero-order chi connectivity index (χ0) is 18.1. The largest absolute Gasteiger partial charge is 0.390 e. The van der Waals surface area contributed by atoms with Crippen molar-refractivity contribution in [1.82, 2.24) is 4.90 Å². The zero-order valence-electron chi connectivity index (χ0n) is 15.5. The molecule has 1 saturated heterocycles. The van der Waals surface area contributed by atoms with Gasteiger partial charge in [-0.15, -0.1) is 0 Å². The third-order valence-electron chi connectivity index (χ3n) is 5.94. The standard InChI is InChI=1S/C21H31NO3/c1-20(2,24)12-10-16-6-8-17(9-7-16)19(23)22-14-13-21(25)11-4-3-5-18(21)15-22/h6-9,18,24-25H,3-5,10-15H2,1-2H3/t18-,21-/m0/s1. The van der Waals surface area contributed by atoms with Gasteiger partial charge in [0.15, 0.2) is 0 Å². The van der Waals surface area contributed by atoms with Crippen molar-refractivity contribution < 1.29 is 15.0 Å². The number of carbonyl (C=O) groups excluding carboxylic acids is 1. The predicted octanol–water partition coefficient (Wildman–Crippen LogP) is 3.16. The van der Waals surface area contributed by atoms with Gasteiger partial charge in [-0.05, 0) is 63.6 Å². The van der Waals surface area contributed by atoms with Gasteiger partial charge < -0.3 is 15.1 Å². The first-order valence-corrected chi connectivity index (χ1v) is 9.60. The van der Waals surface area contributed by atoms with Gasteiger partial charge in [-0.25, -0.2) is 0 Å². The second-order valence-electron chi connectivity index (χ2n) is 8.56. The van der Waals surface area contributed by atoms with Gasteiger partial charge in [-0.1, -0.05) is 25.0 Å². The molecule has 3 rings (SSSR count). The van der Waals surface area contributed by atoms with Gasteiger partial charge in [-0.2, -0.15) is 0 Å². The molecule has 1 aromatic carbocycles. The quantitative estimate of drug-likeness (QED) is 0.881. The summed E-state index contributed by atoms with van der Waals surface area (Å²) in [6.07, 6.45) is 6.38. The molecule has 2 atom stereocenters. The molecule has 2 aliphatic rings. The summed E-state index contributed by atoms with van der Waals surface area (Å²) in [5.41, 5.74) is 0.641. The topological polar surface area (TPSA) is 60.8 Å². The van der Waals surface area contributed by atoms with E-state index < -0.39 is 11.2 Å². The van der Waals surface area contributed by atoms with Crippen molar-refractivity contribution in [2.75, 3.05) is 13.1 Å². The first-order valence-electron chi connectivity index (χ1n) is 9.60. The van der Waals surface area contributed by atoms with Crippen molar-refractivity contribution in [2.24, 2.45) is 5.92 Å². The summed E-state index contributed by atoms with van der Waals surface area (Å²) < 4.78 is 0. The molecule has 4 heteroatoms.